The standard InChI is InChI=1S/C14H24O7P2S/c15-20-23(24,19-14-8-10-2-4-12(14)6-10)21-22(16,17)18-13-7-9-1-3-11(13)5-9/h9-15H,1-8H2,(H,16,17). The van der Waals surface area contributed by atoms with Crippen LogP contribution < -0.4 is 0 Å². The third-order valence-electron chi connectivity index (χ3n) is 6.18. The van der Waals surface area contributed by atoms with Crippen LogP contribution in [0.25, 0.3) is 0 Å². The summed E-state index contributed by atoms with van der Waals surface area (Å²) in [5.41, 5.74) is 0. The van der Waals surface area contributed by atoms with E-state index >= 15 is 0 Å². The van der Waals surface area contributed by atoms with Gasteiger partial charge in [-0.25, -0.2) is 14.1 Å². The Morgan fingerprint density at radius 1 is 0.875 bits per heavy atom. The Morgan fingerprint density at radius 3 is 1.83 bits per heavy atom. The Hall–Kier alpha value is 0.640. The Bertz CT molecular complexity index is 587. The molecular formula is C14H24O7P2S. The van der Waals surface area contributed by atoms with Gasteiger partial charge in [0.15, 0.2) is 0 Å². The predicted octanol–water partition coefficient (Wildman–Crippen LogP) is 4.23. The van der Waals surface area contributed by atoms with Crippen molar-refractivity contribution in [3.63, 3.8) is 0 Å². The highest BCUT2D eigenvalue weighted by molar-refractivity contribution is 8.08. The minimum Gasteiger partial charge on any atom is -0.303 e. The van der Waals surface area contributed by atoms with E-state index < -0.39 is 14.5 Å². The molecule has 0 aromatic carbocycles. The zero-order valence-electron chi connectivity index (χ0n) is 13.4. The first kappa shape index (κ1) is 18.0. The highest BCUT2D eigenvalue weighted by atomic mass is 32.5. The quantitative estimate of drug-likeness (QED) is 0.374. The van der Waals surface area contributed by atoms with Crippen molar-refractivity contribution in [2.24, 2.45) is 23.7 Å². The topological polar surface area (TPSA) is 94.5 Å². The normalized spacial score (nSPS) is 45.4. The van der Waals surface area contributed by atoms with E-state index in [1.54, 1.807) is 0 Å². The molecular weight excluding hydrogens is 374 g/mol. The zero-order chi connectivity index (χ0) is 16.9. The number of phosphoric acid groups is 1. The van der Waals surface area contributed by atoms with Gasteiger partial charge in [-0.3, -0.25) is 4.52 Å². The lowest BCUT2D eigenvalue weighted by molar-refractivity contribution is -0.154. The van der Waals surface area contributed by atoms with Crippen LogP contribution in [-0.4, -0.2) is 22.4 Å². The smallest absolute Gasteiger partial charge is 0.303 e. The summed E-state index contributed by atoms with van der Waals surface area (Å²) in [6.07, 6.45) is 7.66. The molecule has 4 fully saturated rings. The summed E-state index contributed by atoms with van der Waals surface area (Å²) >= 11 is 5.09. The fourth-order valence-corrected chi connectivity index (χ4v) is 8.92. The van der Waals surface area contributed by atoms with Crippen molar-refractivity contribution in [1.29, 1.82) is 0 Å². The van der Waals surface area contributed by atoms with Crippen LogP contribution in [0.5, 0.6) is 0 Å². The van der Waals surface area contributed by atoms with Gasteiger partial charge in [-0.2, -0.15) is 4.67 Å². The van der Waals surface area contributed by atoms with Crippen LogP contribution in [-0.2, 0) is 34.4 Å². The molecule has 4 rings (SSSR count). The number of rotatable bonds is 7. The van der Waals surface area contributed by atoms with Crippen LogP contribution in [0.1, 0.15) is 51.4 Å². The molecule has 4 aliphatic rings. The summed E-state index contributed by atoms with van der Waals surface area (Å²) < 4.78 is 32.6. The fraction of sp³-hybridized carbons (Fsp3) is 1.00. The summed E-state index contributed by atoms with van der Waals surface area (Å²) in [6.45, 7) is -3.72. The molecule has 0 saturated heterocycles. The molecule has 8 unspecified atom stereocenters. The number of phosphoric ester groups is 1. The first-order chi connectivity index (χ1) is 11.4. The predicted molar refractivity (Wildman–Crippen MR) is 89.6 cm³/mol. The van der Waals surface area contributed by atoms with Crippen LogP contribution in [0.3, 0.4) is 0 Å². The maximum Gasteiger partial charge on any atom is 0.479 e. The van der Waals surface area contributed by atoms with E-state index in [9.17, 15) is 9.46 Å². The van der Waals surface area contributed by atoms with Gasteiger partial charge in [0.1, 0.15) is 0 Å². The molecule has 24 heavy (non-hydrogen) atoms. The van der Waals surface area contributed by atoms with E-state index in [4.69, 9.17) is 30.4 Å². The van der Waals surface area contributed by atoms with Gasteiger partial charge in [0.05, 0.1) is 12.2 Å². The summed E-state index contributed by atoms with van der Waals surface area (Å²) in [4.78, 5) is 10.1. The highest BCUT2D eigenvalue weighted by Gasteiger charge is 2.48. The van der Waals surface area contributed by atoms with Gasteiger partial charge in [-0.15, -0.1) is 0 Å². The summed E-state index contributed by atoms with van der Waals surface area (Å²) in [7, 11) is -4.45. The Kier molecular flexibility index (Phi) is 5.01. The summed E-state index contributed by atoms with van der Waals surface area (Å²) in [6, 6.07) is 0. The lowest BCUT2D eigenvalue weighted by Gasteiger charge is -2.29. The van der Waals surface area contributed by atoms with Crippen molar-refractivity contribution in [2.45, 2.75) is 63.6 Å². The SMILES string of the molecule is O=P(O)(OC1CC2CCC1C2)OP(=S)(OO)OC1CC2CCC1C2. The van der Waals surface area contributed by atoms with Crippen molar-refractivity contribution in [3.05, 3.63) is 0 Å². The number of hydrogen-bond donors (Lipinski definition) is 2. The van der Waals surface area contributed by atoms with E-state index in [0.717, 1.165) is 44.9 Å². The molecule has 0 amide bonds. The summed E-state index contributed by atoms with van der Waals surface area (Å²) in [5.74, 6) is 1.84. The third-order valence-corrected chi connectivity index (χ3v) is 10.1. The van der Waals surface area contributed by atoms with Gasteiger partial charge in [0.25, 0.3) is 0 Å². The molecule has 8 atom stereocenters. The average Bonchev–Trinajstić information content (AvgIpc) is 3.26. The molecule has 0 spiro atoms. The van der Waals surface area contributed by atoms with Crippen molar-refractivity contribution in [2.75, 3.05) is 0 Å². The van der Waals surface area contributed by atoms with Gasteiger partial charge >= 0.3 is 14.5 Å². The molecule has 4 aliphatic carbocycles. The molecule has 2 N–H and O–H groups in total. The van der Waals surface area contributed by atoms with Crippen LogP contribution >= 0.6 is 14.5 Å². The molecule has 0 radical (unpaired) electrons. The number of fused-ring (bicyclic) bond motifs is 4. The van der Waals surface area contributed by atoms with Crippen LogP contribution in [0, 0.1) is 23.7 Å². The van der Waals surface area contributed by atoms with Gasteiger partial charge < -0.3 is 9.42 Å². The van der Waals surface area contributed by atoms with Crippen molar-refractivity contribution in [3.8, 4) is 0 Å². The monoisotopic (exact) mass is 398 g/mol. The first-order valence-electron chi connectivity index (χ1n) is 8.70. The fourth-order valence-electron chi connectivity index (χ4n) is 5.17. The zero-order valence-corrected chi connectivity index (χ0v) is 16.0. The van der Waals surface area contributed by atoms with Crippen molar-refractivity contribution in [1.82, 2.24) is 0 Å². The average molecular weight is 398 g/mol. The maximum atomic E-state index is 12.4. The van der Waals surface area contributed by atoms with Crippen molar-refractivity contribution < 1.29 is 32.7 Å². The Labute approximate surface area is 146 Å². The second-order valence-corrected chi connectivity index (χ2v) is 12.1. The molecule has 0 heterocycles. The van der Waals surface area contributed by atoms with Gasteiger partial charge in [-0.1, -0.05) is 0 Å². The van der Waals surface area contributed by atoms with E-state index in [0.29, 0.717) is 23.7 Å². The first-order valence-corrected chi connectivity index (χ1v) is 12.7. The molecule has 0 aliphatic heterocycles. The van der Waals surface area contributed by atoms with E-state index in [2.05, 4.69) is 4.67 Å². The molecule has 4 saturated carbocycles. The van der Waals surface area contributed by atoms with Gasteiger partial charge in [0.2, 0.25) is 0 Å². The molecule has 4 bridgehead atoms. The maximum absolute atomic E-state index is 12.4. The molecule has 0 aromatic heterocycles. The highest BCUT2D eigenvalue weighted by Crippen LogP contribution is 2.67. The third kappa shape index (κ3) is 3.68. The minimum atomic E-state index is -4.45. The van der Waals surface area contributed by atoms with Crippen LogP contribution in [0.15, 0.2) is 0 Å². The molecule has 138 valence electrons. The van der Waals surface area contributed by atoms with Crippen molar-refractivity contribution >= 4 is 26.3 Å². The lowest BCUT2D eigenvalue weighted by Crippen LogP contribution is -2.21. The minimum absolute atomic E-state index is 0.177. The second kappa shape index (κ2) is 6.66. The second-order valence-electron chi connectivity index (χ2n) is 7.72. The molecule has 0 aromatic rings. The Balaban J connectivity index is 1.37. The van der Waals surface area contributed by atoms with E-state index in [1.807, 2.05) is 0 Å². The molecule has 7 nitrogen and oxygen atoms in total. The van der Waals surface area contributed by atoms with Crippen LogP contribution in [0.2, 0.25) is 0 Å². The van der Waals surface area contributed by atoms with Gasteiger partial charge in [-0.05, 0) is 86.8 Å². The molecule has 10 heteroatoms. The largest absolute Gasteiger partial charge is 0.479 e. The summed E-state index contributed by atoms with van der Waals surface area (Å²) in [5, 5.41) is 9.15. The van der Waals surface area contributed by atoms with Gasteiger partial charge in [0, 0.05) is 0 Å². The lowest BCUT2D eigenvalue weighted by atomic mass is 9.98. The van der Waals surface area contributed by atoms with Crippen LogP contribution in [0.4, 0.5) is 0 Å². The number of hydrogen-bond acceptors (Lipinski definition) is 7. The Morgan fingerprint density at radius 2 is 1.42 bits per heavy atom. The van der Waals surface area contributed by atoms with E-state index in [-0.39, 0.29) is 12.2 Å². The van der Waals surface area contributed by atoms with E-state index in [1.165, 1.54) is 6.42 Å².